The zero-order chi connectivity index (χ0) is 22.4. The Morgan fingerprint density at radius 3 is 2.58 bits per heavy atom. The number of β-amino-alcohol motifs (C(OH)–C–C–N with tert-alkyl or cyclic N) is 1. The summed E-state index contributed by atoms with van der Waals surface area (Å²) in [6, 6.07) is 3.24. The topological polar surface area (TPSA) is 103 Å². The van der Waals surface area contributed by atoms with Crippen LogP contribution in [0.4, 0.5) is 0 Å². The monoisotopic (exact) mass is 432 g/mol. The van der Waals surface area contributed by atoms with E-state index in [1.165, 1.54) is 6.07 Å². The highest BCUT2D eigenvalue weighted by Gasteiger charge is 2.22. The van der Waals surface area contributed by atoms with Gasteiger partial charge in [0.25, 0.3) is 0 Å². The molecule has 0 spiro atoms. The van der Waals surface area contributed by atoms with Gasteiger partial charge in [0.15, 0.2) is 0 Å². The van der Waals surface area contributed by atoms with Crippen LogP contribution in [0.1, 0.15) is 36.5 Å². The van der Waals surface area contributed by atoms with E-state index in [4.69, 9.17) is 14.3 Å². The number of nitrogens with zero attached hydrogens (tertiary/aromatic N) is 2. The van der Waals surface area contributed by atoms with Crippen LogP contribution in [0.3, 0.4) is 0 Å². The molecule has 2 heterocycles. The van der Waals surface area contributed by atoms with E-state index in [1.54, 1.807) is 6.07 Å². The fraction of sp³-hybridized carbons (Fsp3) is 0.565. The molecule has 0 unspecified atom stereocenters. The number of aliphatic hydroxyl groups is 1. The maximum absolute atomic E-state index is 12.0. The molecule has 0 amide bonds. The molecule has 1 aromatic carbocycles. The van der Waals surface area contributed by atoms with Gasteiger partial charge >= 0.3 is 11.6 Å². The van der Waals surface area contributed by atoms with E-state index >= 15 is 0 Å². The van der Waals surface area contributed by atoms with Crippen molar-refractivity contribution in [2.24, 2.45) is 0 Å². The first-order valence-electron chi connectivity index (χ1n) is 10.9. The number of carbonyl (C=O) groups is 1. The first-order valence-corrected chi connectivity index (χ1v) is 10.9. The van der Waals surface area contributed by atoms with Crippen molar-refractivity contribution in [2.75, 3.05) is 45.9 Å². The average molecular weight is 433 g/mol. The van der Waals surface area contributed by atoms with Crippen molar-refractivity contribution in [3.63, 3.8) is 0 Å². The lowest BCUT2D eigenvalue weighted by Crippen LogP contribution is -2.46. The summed E-state index contributed by atoms with van der Waals surface area (Å²) in [4.78, 5) is 28.4. The van der Waals surface area contributed by atoms with Gasteiger partial charge in [0.1, 0.15) is 11.3 Å². The Morgan fingerprint density at radius 2 is 1.90 bits per heavy atom. The summed E-state index contributed by atoms with van der Waals surface area (Å²) in [5.41, 5.74) is 1.94. The quantitative estimate of drug-likeness (QED) is 0.457. The summed E-state index contributed by atoms with van der Waals surface area (Å²) in [7, 11) is 0. The number of hydrogen-bond acceptors (Lipinski definition) is 8. The van der Waals surface area contributed by atoms with E-state index in [0.717, 1.165) is 43.5 Å². The van der Waals surface area contributed by atoms with Gasteiger partial charge in [-0.25, -0.2) is 4.79 Å². The fourth-order valence-corrected chi connectivity index (χ4v) is 3.96. The second kappa shape index (κ2) is 10.7. The fourth-order valence-electron chi connectivity index (χ4n) is 3.96. The molecule has 170 valence electrons. The summed E-state index contributed by atoms with van der Waals surface area (Å²) in [5, 5.41) is 20.9. The number of esters is 1. The van der Waals surface area contributed by atoms with Gasteiger partial charge in [0.05, 0.1) is 18.8 Å². The molecular weight excluding hydrogens is 400 g/mol. The molecule has 8 nitrogen and oxygen atoms in total. The molecule has 1 fully saturated rings. The number of fused-ring (bicyclic) bond motifs is 1. The molecule has 31 heavy (non-hydrogen) atoms. The summed E-state index contributed by atoms with van der Waals surface area (Å²) < 4.78 is 10.7. The molecule has 1 aromatic heterocycles. The Hall–Kier alpha value is -2.42. The SMILES string of the molecule is CCCOC(=O)CCc1cc2c(C)cc(=O)oc2c(CN2CCN(CCO)CC2)c1O. The Balaban J connectivity index is 1.88. The van der Waals surface area contributed by atoms with Gasteiger partial charge in [-0.3, -0.25) is 14.6 Å². The maximum atomic E-state index is 12.0. The Bertz CT molecular complexity index is 963. The minimum Gasteiger partial charge on any atom is -0.507 e. The van der Waals surface area contributed by atoms with Crippen LogP contribution in [-0.2, 0) is 22.5 Å². The first-order chi connectivity index (χ1) is 14.9. The molecule has 3 rings (SSSR count). The van der Waals surface area contributed by atoms with Crippen LogP contribution >= 0.6 is 0 Å². The van der Waals surface area contributed by atoms with Crippen LogP contribution in [0.2, 0.25) is 0 Å². The summed E-state index contributed by atoms with van der Waals surface area (Å²) in [5.74, 6) is -0.221. The molecule has 1 aliphatic rings. The molecule has 0 atom stereocenters. The lowest BCUT2D eigenvalue weighted by molar-refractivity contribution is -0.143. The molecule has 2 aromatic rings. The van der Waals surface area contributed by atoms with Gasteiger partial charge in [0.2, 0.25) is 0 Å². The highest BCUT2D eigenvalue weighted by Crippen LogP contribution is 2.34. The van der Waals surface area contributed by atoms with E-state index < -0.39 is 5.63 Å². The van der Waals surface area contributed by atoms with Gasteiger partial charge in [-0.05, 0) is 37.0 Å². The Morgan fingerprint density at radius 1 is 1.19 bits per heavy atom. The zero-order valence-electron chi connectivity index (χ0n) is 18.4. The standard InChI is InChI=1S/C23H32N2O6/c1-3-12-30-20(27)5-4-17-14-18-16(2)13-21(28)31-23(18)19(22(17)29)15-25-8-6-24(7-9-25)10-11-26/h13-14,26,29H,3-12,15H2,1-2H3. The molecular formula is C23H32N2O6. The average Bonchev–Trinajstić information content (AvgIpc) is 2.75. The molecule has 0 bridgehead atoms. The number of ether oxygens (including phenoxy) is 1. The van der Waals surface area contributed by atoms with Gasteiger partial charge in [-0.15, -0.1) is 0 Å². The van der Waals surface area contributed by atoms with Gasteiger partial charge in [0, 0.05) is 57.1 Å². The van der Waals surface area contributed by atoms with E-state index in [-0.39, 0.29) is 24.7 Å². The van der Waals surface area contributed by atoms with Crippen LogP contribution in [0.5, 0.6) is 5.75 Å². The van der Waals surface area contributed by atoms with Crippen LogP contribution in [0.25, 0.3) is 11.0 Å². The minimum absolute atomic E-state index is 0.0716. The van der Waals surface area contributed by atoms with Crippen LogP contribution in [0, 0.1) is 6.92 Å². The third-order valence-corrected chi connectivity index (χ3v) is 5.72. The van der Waals surface area contributed by atoms with E-state index in [2.05, 4.69) is 9.80 Å². The van der Waals surface area contributed by atoms with E-state index in [9.17, 15) is 14.7 Å². The van der Waals surface area contributed by atoms with Crippen molar-refractivity contribution in [2.45, 2.75) is 39.7 Å². The lowest BCUT2D eigenvalue weighted by Gasteiger charge is -2.34. The van der Waals surface area contributed by atoms with Gasteiger partial charge < -0.3 is 19.4 Å². The second-order valence-electron chi connectivity index (χ2n) is 8.05. The number of carbonyl (C=O) groups excluding carboxylic acids is 1. The third kappa shape index (κ3) is 5.84. The van der Waals surface area contributed by atoms with Crippen molar-refractivity contribution in [1.82, 2.24) is 9.80 Å². The molecule has 8 heteroatoms. The normalized spacial score (nSPS) is 15.5. The molecule has 1 aliphatic heterocycles. The molecule has 0 aliphatic carbocycles. The number of piperazine rings is 1. The van der Waals surface area contributed by atoms with Crippen molar-refractivity contribution in [3.8, 4) is 5.75 Å². The summed E-state index contributed by atoms with van der Waals surface area (Å²) >= 11 is 0. The van der Waals surface area contributed by atoms with Crippen LogP contribution in [0.15, 0.2) is 21.3 Å². The summed E-state index contributed by atoms with van der Waals surface area (Å²) in [6.07, 6.45) is 1.29. The van der Waals surface area contributed by atoms with Gasteiger partial charge in [-0.2, -0.15) is 0 Å². The lowest BCUT2D eigenvalue weighted by atomic mass is 9.98. The minimum atomic E-state index is -0.450. The Kier molecular flexibility index (Phi) is 8.06. The Labute approximate surface area is 182 Å². The maximum Gasteiger partial charge on any atom is 0.336 e. The number of phenolic OH excluding ortho intramolecular Hbond substituents is 1. The van der Waals surface area contributed by atoms with Crippen molar-refractivity contribution >= 4 is 16.9 Å². The predicted molar refractivity (Wildman–Crippen MR) is 117 cm³/mol. The molecule has 0 radical (unpaired) electrons. The van der Waals surface area contributed by atoms with E-state index in [0.29, 0.717) is 42.8 Å². The number of benzene rings is 1. The zero-order valence-corrected chi connectivity index (χ0v) is 18.4. The van der Waals surface area contributed by atoms with E-state index in [1.807, 2.05) is 13.8 Å². The third-order valence-electron chi connectivity index (χ3n) is 5.72. The van der Waals surface area contributed by atoms with Crippen molar-refractivity contribution in [1.29, 1.82) is 0 Å². The number of rotatable bonds is 9. The number of aliphatic hydroxyl groups excluding tert-OH is 1. The van der Waals surface area contributed by atoms with Crippen molar-refractivity contribution < 1.29 is 24.2 Å². The van der Waals surface area contributed by atoms with Crippen LogP contribution < -0.4 is 5.63 Å². The number of aryl methyl sites for hydroxylation is 2. The van der Waals surface area contributed by atoms with Crippen molar-refractivity contribution in [3.05, 3.63) is 39.2 Å². The predicted octanol–water partition coefficient (Wildman–Crippen LogP) is 1.80. The molecule has 2 N–H and O–H groups in total. The first kappa shape index (κ1) is 23.2. The number of phenols is 1. The largest absolute Gasteiger partial charge is 0.507 e. The highest BCUT2D eigenvalue weighted by atomic mass is 16.5. The molecule has 0 saturated carbocycles. The van der Waals surface area contributed by atoms with Gasteiger partial charge in [-0.1, -0.05) is 6.92 Å². The second-order valence-corrected chi connectivity index (χ2v) is 8.05. The number of aromatic hydroxyl groups is 1. The van der Waals surface area contributed by atoms with Crippen LogP contribution in [-0.4, -0.2) is 71.9 Å². The number of hydrogen-bond donors (Lipinski definition) is 2. The summed E-state index contributed by atoms with van der Waals surface area (Å²) in [6.45, 7) is 8.61. The smallest absolute Gasteiger partial charge is 0.336 e. The highest BCUT2D eigenvalue weighted by molar-refractivity contribution is 5.86. The molecule has 1 saturated heterocycles.